The fraction of sp³-hybridized carbons (Fsp3) is 0.273. The number of pyridine rings is 1. The molecule has 2 heterocycles. The lowest BCUT2D eigenvalue weighted by atomic mass is 10.00. The van der Waals surface area contributed by atoms with Crippen LogP contribution < -0.4 is 4.90 Å². The van der Waals surface area contributed by atoms with E-state index in [1.807, 2.05) is 54.5 Å². The van der Waals surface area contributed by atoms with Crippen molar-refractivity contribution in [2.75, 3.05) is 38.1 Å². The molecule has 1 aliphatic rings. The normalized spacial score (nSPS) is 14.2. The van der Waals surface area contributed by atoms with Crippen molar-refractivity contribution in [3.63, 3.8) is 0 Å². The van der Waals surface area contributed by atoms with Crippen molar-refractivity contribution in [3.8, 4) is 11.1 Å². The highest BCUT2D eigenvalue weighted by Crippen LogP contribution is 2.30. The van der Waals surface area contributed by atoms with E-state index in [1.165, 1.54) is 12.8 Å². The molecule has 0 aliphatic carbocycles. The summed E-state index contributed by atoms with van der Waals surface area (Å²) in [6, 6.07) is 28.2. The number of aromatic nitrogens is 1. The maximum atomic E-state index is 13.9. The van der Waals surface area contributed by atoms with Gasteiger partial charge in [-0.05, 0) is 72.5 Å². The van der Waals surface area contributed by atoms with Crippen LogP contribution in [0.25, 0.3) is 11.1 Å². The van der Waals surface area contributed by atoms with E-state index in [2.05, 4.69) is 57.2 Å². The van der Waals surface area contributed by atoms with E-state index in [1.54, 1.807) is 12.3 Å². The summed E-state index contributed by atoms with van der Waals surface area (Å²) < 4.78 is 0. The van der Waals surface area contributed by atoms with Gasteiger partial charge in [0.15, 0.2) is 0 Å². The molecule has 1 saturated heterocycles. The third-order valence-electron chi connectivity index (χ3n) is 7.59. The lowest BCUT2D eigenvalue weighted by molar-refractivity contribution is -0.131. The molecule has 40 heavy (non-hydrogen) atoms. The van der Waals surface area contributed by atoms with Crippen LogP contribution in [0.3, 0.4) is 0 Å². The molecule has 0 N–H and O–H groups in total. The van der Waals surface area contributed by atoms with Crippen LogP contribution in [0, 0.1) is 0 Å². The monoisotopic (exact) mass is 572 g/mol. The van der Waals surface area contributed by atoms with Crippen LogP contribution in [0.1, 0.15) is 30.0 Å². The van der Waals surface area contributed by atoms with Gasteiger partial charge in [-0.3, -0.25) is 9.78 Å². The Morgan fingerprint density at radius 2 is 1.65 bits per heavy atom. The second kappa shape index (κ2) is 13.3. The first-order valence-corrected chi connectivity index (χ1v) is 14.5. The number of nitrogens with zero attached hydrogens (tertiary/aromatic N) is 4. The van der Waals surface area contributed by atoms with Crippen LogP contribution in [0.2, 0.25) is 10.0 Å². The minimum Gasteiger partial charge on any atom is -0.358 e. The van der Waals surface area contributed by atoms with Crippen molar-refractivity contribution in [1.82, 2.24) is 14.8 Å². The topological polar surface area (TPSA) is 39.7 Å². The molecular weight excluding hydrogens is 539 g/mol. The Morgan fingerprint density at radius 3 is 2.33 bits per heavy atom. The molecular formula is C33H34Cl2N4O. The summed E-state index contributed by atoms with van der Waals surface area (Å²) in [5.41, 5.74) is 5.28. The minimum absolute atomic E-state index is 0.0440. The zero-order valence-electron chi connectivity index (χ0n) is 22.7. The van der Waals surface area contributed by atoms with E-state index in [0.29, 0.717) is 16.6 Å². The van der Waals surface area contributed by atoms with Gasteiger partial charge < -0.3 is 14.7 Å². The molecule has 1 unspecified atom stereocenters. The SMILES string of the molecule is CN(C(=O)CN(Cc1ccccc1)c1ccc(Cl)c(Cl)c1)C(CN1CCCC1)c1ccc(-c2cccnc2)cc1. The van der Waals surface area contributed by atoms with Crippen LogP contribution in [0.4, 0.5) is 5.69 Å². The van der Waals surface area contributed by atoms with E-state index in [4.69, 9.17) is 23.2 Å². The Bertz CT molecular complexity index is 1390. The van der Waals surface area contributed by atoms with Gasteiger partial charge in [-0.1, -0.05) is 83.9 Å². The second-order valence-electron chi connectivity index (χ2n) is 10.3. The molecule has 0 bridgehead atoms. The molecule has 5 rings (SSSR count). The first kappa shape index (κ1) is 28.2. The maximum absolute atomic E-state index is 13.9. The number of carbonyl (C=O) groups excluding carboxylic acids is 1. The van der Waals surface area contributed by atoms with Crippen molar-refractivity contribution in [1.29, 1.82) is 0 Å². The van der Waals surface area contributed by atoms with Crippen molar-refractivity contribution >= 4 is 34.8 Å². The summed E-state index contributed by atoms with van der Waals surface area (Å²) in [6.07, 6.45) is 6.05. The number of anilines is 1. The van der Waals surface area contributed by atoms with Crippen molar-refractivity contribution < 1.29 is 4.79 Å². The molecule has 5 nitrogen and oxygen atoms in total. The molecule has 0 radical (unpaired) electrons. The van der Waals surface area contributed by atoms with Gasteiger partial charge in [-0.2, -0.15) is 0 Å². The van der Waals surface area contributed by atoms with Crippen LogP contribution in [0.15, 0.2) is 97.3 Å². The summed E-state index contributed by atoms with van der Waals surface area (Å²) in [4.78, 5) is 24.6. The Morgan fingerprint density at radius 1 is 0.900 bits per heavy atom. The average Bonchev–Trinajstić information content (AvgIpc) is 3.51. The largest absolute Gasteiger partial charge is 0.358 e. The van der Waals surface area contributed by atoms with E-state index in [-0.39, 0.29) is 18.5 Å². The summed E-state index contributed by atoms with van der Waals surface area (Å²) >= 11 is 12.6. The Kier molecular flexibility index (Phi) is 9.38. The van der Waals surface area contributed by atoms with Crippen molar-refractivity contribution in [2.45, 2.75) is 25.4 Å². The summed E-state index contributed by atoms with van der Waals surface area (Å²) in [5.74, 6) is 0.0440. The summed E-state index contributed by atoms with van der Waals surface area (Å²) in [7, 11) is 1.92. The third-order valence-corrected chi connectivity index (χ3v) is 8.33. The highest BCUT2D eigenvalue weighted by atomic mass is 35.5. The van der Waals surface area contributed by atoms with E-state index in [0.717, 1.165) is 47.6 Å². The van der Waals surface area contributed by atoms with Crippen LogP contribution in [-0.4, -0.2) is 53.9 Å². The molecule has 1 aliphatic heterocycles. The van der Waals surface area contributed by atoms with Gasteiger partial charge in [0, 0.05) is 38.2 Å². The molecule has 1 amide bonds. The van der Waals surface area contributed by atoms with Gasteiger partial charge in [0.2, 0.25) is 5.91 Å². The molecule has 1 fully saturated rings. The fourth-order valence-electron chi connectivity index (χ4n) is 5.27. The maximum Gasteiger partial charge on any atom is 0.242 e. The quantitative estimate of drug-likeness (QED) is 0.199. The molecule has 0 saturated carbocycles. The first-order chi connectivity index (χ1) is 19.5. The number of hydrogen-bond donors (Lipinski definition) is 0. The minimum atomic E-state index is -0.0686. The molecule has 206 valence electrons. The number of benzene rings is 3. The number of hydrogen-bond acceptors (Lipinski definition) is 4. The van der Waals surface area contributed by atoms with Crippen LogP contribution in [0.5, 0.6) is 0 Å². The number of rotatable bonds is 10. The Labute approximate surface area is 247 Å². The van der Waals surface area contributed by atoms with Gasteiger partial charge >= 0.3 is 0 Å². The number of likely N-dealkylation sites (N-methyl/N-ethyl adjacent to an activating group) is 1. The average molecular weight is 574 g/mol. The fourth-order valence-corrected chi connectivity index (χ4v) is 5.56. The summed E-state index contributed by atoms with van der Waals surface area (Å²) in [6.45, 7) is 3.73. The first-order valence-electron chi connectivity index (χ1n) is 13.7. The van der Waals surface area contributed by atoms with E-state index < -0.39 is 0 Å². The molecule has 7 heteroatoms. The number of halogens is 2. The zero-order chi connectivity index (χ0) is 27.9. The predicted molar refractivity (Wildman–Crippen MR) is 165 cm³/mol. The van der Waals surface area contributed by atoms with Crippen molar-refractivity contribution in [3.05, 3.63) is 118 Å². The molecule has 1 atom stereocenters. The summed E-state index contributed by atoms with van der Waals surface area (Å²) in [5, 5.41) is 0.965. The highest BCUT2D eigenvalue weighted by molar-refractivity contribution is 6.42. The van der Waals surface area contributed by atoms with E-state index >= 15 is 0 Å². The van der Waals surface area contributed by atoms with Gasteiger partial charge in [0.25, 0.3) is 0 Å². The van der Waals surface area contributed by atoms with Gasteiger partial charge in [-0.15, -0.1) is 0 Å². The van der Waals surface area contributed by atoms with Crippen molar-refractivity contribution in [2.24, 2.45) is 0 Å². The Hall–Kier alpha value is -3.38. The predicted octanol–water partition coefficient (Wildman–Crippen LogP) is 7.36. The third kappa shape index (κ3) is 7.03. The van der Waals surface area contributed by atoms with Gasteiger partial charge in [0.05, 0.1) is 22.6 Å². The molecule has 4 aromatic rings. The second-order valence-corrected chi connectivity index (χ2v) is 11.1. The Balaban J connectivity index is 1.39. The standard InChI is InChI=1S/C33H34Cl2N4O/c1-37(33(40)24-39(22-25-8-3-2-4-9-25)29-15-16-30(34)31(35)20-29)32(23-38-18-5-6-19-38)27-13-11-26(12-14-27)28-10-7-17-36-21-28/h2-4,7-17,20-21,32H,5-6,18-19,22-24H2,1H3. The number of carbonyl (C=O) groups is 1. The van der Waals surface area contributed by atoms with E-state index in [9.17, 15) is 4.79 Å². The highest BCUT2D eigenvalue weighted by Gasteiger charge is 2.27. The molecule has 0 spiro atoms. The number of likely N-dealkylation sites (tertiary alicyclic amines) is 1. The molecule has 3 aromatic carbocycles. The van der Waals surface area contributed by atoms with Gasteiger partial charge in [0.1, 0.15) is 0 Å². The molecule has 1 aromatic heterocycles. The lowest BCUT2D eigenvalue weighted by Crippen LogP contribution is -2.43. The van der Waals surface area contributed by atoms with Crippen LogP contribution >= 0.6 is 23.2 Å². The van der Waals surface area contributed by atoms with Crippen LogP contribution in [-0.2, 0) is 11.3 Å². The number of amides is 1. The zero-order valence-corrected chi connectivity index (χ0v) is 24.2. The van der Waals surface area contributed by atoms with Gasteiger partial charge in [-0.25, -0.2) is 0 Å². The lowest BCUT2D eigenvalue weighted by Gasteiger charge is -2.34. The smallest absolute Gasteiger partial charge is 0.242 e.